The second-order valence-corrected chi connectivity index (χ2v) is 7.72. The average molecular weight is 461 g/mol. The van der Waals surface area contributed by atoms with Crippen molar-refractivity contribution in [3.63, 3.8) is 0 Å². The summed E-state index contributed by atoms with van der Waals surface area (Å²) in [4.78, 5) is 12.1. The molecule has 0 aromatic carbocycles. The van der Waals surface area contributed by atoms with Crippen molar-refractivity contribution in [2.75, 3.05) is 99.6 Å². The first-order valence-corrected chi connectivity index (χ1v) is 11.6. The second kappa shape index (κ2) is 18.4. The maximum Gasteiger partial charge on any atom is 0.309 e. The summed E-state index contributed by atoms with van der Waals surface area (Å²) in [7, 11) is 1.64. The van der Waals surface area contributed by atoms with Gasteiger partial charge < -0.3 is 37.9 Å². The largest absolute Gasteiger partial charge is 0.463 e. The minimum Gasteiger partial charge on any atom is -0.463 e. The normalized spacial score (nSPS) is 21.5. The van der Waals surface area contributed by atoms with E-state index in [0.29, 0.717) is 104 Å². The summed E-state index contributed by atoms with van der Waals surface area (Å²) in [5.41, 5.74) is 0. The molecule has 0 radical (unpaired) electrons. The topological polar surface area (TPSA) is 90.9 Å². The Balaban J connectivity index is 1.21. The Bertz CT molecular complexity index is 500. The summed E-state index contributed by atoms with van der Waals surface area (Å²) in [5.74, 6) is 0.915. The van der Waals surface area contributed by atoms with Crippen LogP contribution in [0.1, 0.15) is 12.8 Å². The van der Waals surface area contributed by atoms with Crippen molar-refractivity contribution in [1.29, 1.82) is 0 Å². The number of rotatable bonds is 22. The zero-order chi connectivity index (χ0) is 22.7. The fourth-order valence-electron chi connectivity index (χ4n) is 3.70. The standard InChI is InChI=1S/C23H40O9/c1-25-4-5-26-6-7-27-8-9-28-10-11-29-12-13-30-14-15-31-16-17-32-23(24)22-19-20-2-3-21(22)18-20/h2-3,20-22H,4-19H2,1H3. The van der Waals surface area contributed by atoms with Gasteiger partial charge in [0.25, 0.3) is 0 Å². The van der Waals surface area contributed by atoms with Gasteiger partial charge in [-0.15, -0.1) is 0 Å². The molecule has 9 nitrogen and oxygen atoms in total. The molecule has 2 aliphatic carbocycles. The summed E-state index contributed by atoms with van der Waals surface area (Å²) in [6.45, 7) is 7.05. The van der Waals surface area contributed by atoms with Crippen LogP contribution in [0.3, 0.4) is 0 Å². The summed E-state index contributed by atoms with van der Waals surface area (Å²) < 4.78 is 42.6. The number of allylic oxidation sites excluding steroid dienone is 2. The second-order valence-electron chi connectivity index (χ2n) is 7.72. The van der Waals surface area contributed by atoms with Crippen LogP contribution in [0.2, 0.25) is 0 Å². The quantitative estimate of drug-likeness (QED) is 0.135. The summed E-state index contributed by atoms with van der Waals surface area (Å²) in [5, 5.41) is 0. The first-order valence-electron chi connectivity index (χ1n) is 11.6. The van der Waals surface area contributed by atoms with E-state index in [4.69, 9.17) is 37.9 Å². The van der Waals surface area contributed by atoms with Gasteiger partial charge in [-0.3, -0.25) is 4.79 Å². The molecule has 1 fully saturated rings. The van der Waals surface area contributed by atoms with E-state index in [2.05, 4.69) is 12.2 Å². The van der Waals surface area contributed by atoms with Crippen LogP contribution in [0.5, 0.6) is 0 Å². The van der Waals surface area contributed by atoms with Gasteiger partial charge in [-0.1, -0.05) is 12.2 Å². The Hall–Kier alpha value is -1.07. The first-order chi connectivity index (χ1) is 15.8. The van der Waals surface area contributed by atoms with Crippen molar-refractivity contribution < 1.29 is 42.7 Å². The van der Waals surface area contributed by atoms with Crippen LogP contribution < -0.4 is 0 Å². The van der Waals surface area contributed by atoms with Crippen LogP contribution in [0.4, 0.5) is 0 Å². The van der Waals surface area contributed by atoms with E-state index < -0.39 is 0 Å². The van der Waals surface area contributed by atoms with Gasteiger partial charge in [-0.25, -0.2) is 0 Å². The lowest BCUT2D eigenvalue weighted by Crippen LogP contribution is -2.23. The molecule has 0 aliphatic heterocycles. The number of methoxy groups -OCH3 is 1. The molecule has 3 unspecified atom stereocenters. The van der Waals surface area contributed by atoms with E-state index in [-0.39, 0.29) is 11.9 Å². The van der Waals surface area contributed by atoms with Gasteiger partial charge in [0.1, 0.15) is 6.61 Å². The van der Waals surface area contributed by atoms with Gasteiger partial charge in [-0.05, 0) is 24.7 Å². The van der Waals surface area contributed by atoms with Crippen LogP contribution in [-0.4, -0.2) is 106 Å². The first kappa shape index (κ1) is 27.2. The predicted molar refractivity (Wildman–Crippen MR) is 117 cm³/mol. The van der Waals surface area contributed by atoms with Crippen molar-refractivity contribution in [1.82, 2.24) is 0 Å². The fourth-order valence-corrected chi connectivity index (χ4v) is 3.70. The molecule has 0 aromatic heterocycles. The van der Waals surface area contributed by atoms with E-state index >= 15 is 0 Å². The molecular weight excluding hydrogens is 420 g/mol. The number of fused-ring (bicyclic) bond motifs is 2. The molecule has 2 rings (SSSR count). The molecule has 9 heteroatoms. The number of carbonyl (C=O) groups is 1. The third-order valence-corrected chi connectivity index (χ3v) is 5.35. The molecule has 0 heterocycles. The van der Waals surface area contributed by atoms with Gasteiger partial charge in [0.15, 0.2) is 0 Å². The fraction of sp³-hybridized carbons (Fsp3) is 0.870. The molecule has 3 atom stereocenters. The van der Waals surface area contributed by atoms with Crippen LogP contribution >= 0.6 is 0 Å². The number of ether oxygens (including phenoxy) is 8. The Morgan fingerprint density at radius 1 is 0.625 bits per heavy atom. The van der Waals surface area contributed by atoms with Gasteiger partial charge in [-0.2, -0.15) is 0 Å². The smallest absolute Gasteiger partial charge is 0.309 e. The monoisotopic (exact) mass is 460 g/mol. The van der Waals surface area contributed by atoms with Gasteiger partial charge >= 0.3 is 5.97 Å². The Labute approximate surface area is 191 Å². The lowest BCUT2D eigenvalue weighted by Gasteiger charge is -2.16. The highest BCUT2D eigenvalue weighted by Crippen LogP contribution is 2.43. The molecule has 186 valence electrons. The Morgan fingerprint density at radius 3 is 1.44 bits per heavy atom. The van der Waals surface area contributed by atoms with Crippen molar-refractivity contribution >= 4 is 5.97 Å². The molecule has 32 heavy (non-hydrogen) atoms. The van der Waals surface area contributed by atoms with Crippen molar-refractivity contribution in [2.24, 2.45) is 17.8 Å². The average Bonchev–Trinajstić information content (AvgIpc) is 3.44. The van der Waals surface area contributed by atoms with E-state index in [9.17, 15) is 4.79 Å². The molecule has 0 spiro atoms. The zero-order valence-corrected chi connectivity index (χ0v) is 19.4. The molecule has 0 aromatic rings. The summed E-state index contributed by atoms with van der Waals surface area (Å²) in [6, 6.07) is 0. The molecule has 1 saturated carbocycles. The Kier molecular flexibility index (Phi) is 15.6. The zero-order valence-electron chi connectivity index (χ0n) is 19.4. The number of esters is 1. The highest BCUT2D eigenvalue weighted by atomic mass is 16.6. The third-order valence-electron chi connectivity index (χ3n) is 5.35. The van der Waals surface area contributed by atoms with E-state index in [1.165, 1.54) is 0 Å². The molecule has 2 bridgehead atoms. The molecule has 2 aliphatic rings. The van der Waals surface area contributed by atoms with Gasteiger partial charge in [0.05, 0.1) is 91.8 Å². The Morgan fingerprint density at radius 2 is 1.06 bits per heavy atom. The lowest BCUT2D eigenvalue weighted by atomic mass is 9.94. The minimum absolute atomic E-state index is 0.0449. The predicted octanol–water partition coefficient (Wildman–Crippen LogP) is 1.49. The lowest BCUT2D eigenvalue weighted by molar-refractivity contribution is -0.151. The summed E-state index contributed by atoms with van der Waals surface area (Å²) >= 11 is 0. The highest BCUT2D eigenvalue weighted by Gasteiger charge is 2.40. The molecule has 0 N–H and O–H groups in total. The highest BCUT2D eigenvalue weighted by molar-refractivity contribution is 5.74. The van der Waals surface area contributed by atoms with E-state index in [1.54, 1.807) is 7.11 Å². The number of carbonyl (C=O) groups excluding carboxylic acids is 1. The van der Waals surface area contributed by atoms with Gasteiger partial charge in [0.2, 0.25) is 0 Å². The minimum atomic E-state index is -0.0846. The number of hydrogen-bond donors (Lipinski definition) is 0. The van der Waals surface area contributed by atoms with Gasteiger partial charge in [0, 0.05) is 7.11 Å². The summed E-state index contributed by atoms with van der Waals surface area (Å²) in [6.07, 6.45) is 6.41. The SMILES string of the molecule is COCCOCCOCCOCCOCCOCCOCCOC(=O)C1CC2C=CC1C2. The maximum absolute atomic E-state index is 12.1. The molecule has 0 amide bonds. The number of hydrogen-bond acceptors (Lipinski definition) is 9. The van der Waals surface area contributed by atoms with Crippen LogP contribution in [0.15, 0.2) is 12.2 Å². The van der Waals surface area contributed by atoms with Crippen molar-refractivity contribution in [2.45, 2.75) is 12.8 Å². The van der Waals surface area contributed by atoms with E-state index in [1.807, 2.05) is 0 Å². The van der Waals surface area contributed by atoms with Crippen LogP contribution in [-0.2, 0) is 42.7 Å². The van der Waals surface area contributed by atoms with Crippen molar-refractivity contribution in [3.8, 4) is 0 Å². The molecular formula is C23H40O9. The van der Waals surface area contributed by atoms with E-state index in [0.717, 1.165) is 12.8 Å². The maximum atomic E-state index is 12.1. The van der Waals surface area contributed by atoms with Crippen LogP contribution in [0, 0.1) is 17.8 Å². The molecule has 0 saturated heterocycles. The third kappa shape index (κ3) is 12.2. The van der Waals surface area contributed by atoms with Crippen molar-refractivity contribution in [3.05, 3.63) is 12.2 Å². The van der Waals surface area contributed by atoms with Crippen LogP contribution in [0.25, 0.3) is 0 Å².